The summed E-state index contributed by atoms with van der Waals surface area (Å²) in [4.78, 5) is 0. The van der Waals surface area contributed by atoms with Gasteiger partial charge in [0.1, 0.15) is 0 Å². The Hall–Kier alpha value is -1.38. The minimum Gasteiger partial charge on any atom is -0.310 e. The summed E-state index contributed by atoms with van der Waals surface area (Å²) < 4.78 is 5.42. The Morgan fingerprint density at radius 1 is 0.750 bits per heavy atom. The molecule has 0 saturated heterocycles. The highest BCUT2D eigenvalue weighted by atomic mass is 127. The standard InChI is InChI=1S/C24H18BrI2N/c1-15(5-7-17(3)25)16(2)6-8-18(4)28-23-11-9-19(26)13-21(23)22-14-20(27)10-12-24(22)28/h5-14H,1-4H2/b7-5-,8-6-. The monoisotopic (exact) mass is 653 g/mol. The third-order valence-electron chi connectivity index (χ3n) is 4.33. The number of nitrogens with zero attached hydrogens (tertiary/aromatic N) is 1. The number of benzene rings is 2. The quantitative estimate of drug-likeness (QED) is 0.186. The minimum atomic E-state index is 0.796. The van der Waals surface area contributed by atoms with Crippen molar-refractivity contribution in [2.45, 2.75) is 0 Å². The highest BCUT2D eigenvalue weighted by Crippen LogP contribution is 2.33. The van der Waals surface area contributed by atoms with Crippen molar-refractivity contribution in [3.63, 3.8) is 0 Å². The summed E-state index contributed by atoms with van der Waals surface area (Å²) in [5, 5.41) is 2.47. The Kier molecular flexibility index (Phi) is 6.83. The van der Waals surface area contributed by atoms with Crippen LogP contribution in [0.1, 0.15) is 0 Å². The fraction of sp³-hybridized carbons (Fsp3) is 0. The predicted octanol–water partition coefficient (Wildman–Crippen LogP) is 8.61. The van der Waals surface area contributed by atoms with Crippen molar-refractivity contribution in [3.05, 3.63) is 110 Å². The SMILES string of the molecule is C=C(Br)/C=C\C(=C)C(=C)/C=C\C(=C)n1c2ccc(I)cc2c2cc(I)ccc21. The van der Waals surface area contributed by atoms with E-state index in [0.717, 1.165) is 32.4 Å². The second-order valence-electron chi connectivity index (χ2n) is 6.31. The number of allylic oxidation sites excluding steroid dienone is 8. The van der Waals surface area contributed by atoms with E-state index in [1.807, 2.05) is 24.3 Å². The number of halogens is 3. The third-order valence-corrected chi connectivity index (χ3v) is 5.94. The summed E-state index contributed by atoms with van der Waals surface area (Å²) in [6.07, 6.45) is 7.67. The van der Waals surface area contributed by atoms with Crippen LogP contribution in [0.3, 0.4) is 0 Å². The molecular formula is C24H18BrI2N. The lowest BCUT2D eigenvalue weighted by atomic mass is 10.1. The average molecular weight is 654 g/mol. The lowest BCUT2D eigenvalue weighted by Crippen LogP contribution is -1.93. The maximum Gasteiger partial charge on any atom is 0.0541 e. The highest BCUT2D eigenvalue weighted by molar-refractivity contribution is 14.1. The number of hydrogen-bond acceptors (Lipinski definition) is 0. The Bertz CT molecular complexity index is 1150. The van der Waals surface area contributed by atoms with Gasteiger partial charge in [0.15, 0.2) is 0 Å². The second-order valence-corrected chi connectivity index (χ2v) is 9.82. The summed E-state index contributed by atoms with van der Waals surface area (Å²) >= 11 is 8.02. The van der Waals surface area contributed by atoms with Crippen LogP contribution in [-0.4, -0.2) is 4.57 Å². The largest absolute Gasteiger partial charge is 0.310 e. The molecule has 0 N–H and O–H groups in total. The molecule has 3 rings (SSSR count). The minimum absolute atomic E-state index is 0.796. The molecule has 0 amide bonds. The molecule has 0 fully saturated rings. The second kappa shape index (κ2) is 8.97. The van der Waals surface area contributed by atoms with Crippen LogP contribution in [0, 0.1) is 7.14 Å². The smallest absolute Gasteiger partial charge is 0.0541 e. The highest BCUT2D eigenvalue weighted by Gasteiger charge is 2.12. The molecule has 28 heavy (non-hydrogen) atoms. The Morgan fingerprint density at radius 3 is 1.68 bits per heavy atom. The molecule has 0 bridgehead atoms. The van der Waals surface area contributed by atoms with E-state index in [1.54, 1.807) is 0 Å². The average Bonchev–Trinajstić information content (AvgIpc) is 2.96. The fourth-order valence-corrected chi connectivity index (χ4v) is 4.07. The maximum absolute atomic E-state index is 4.31. The van der Waals surface area contributed by atoms with E-state index in [4.69, 9.17) is 0 Å². The molecule has 0 atom stereocenters. The molecule has 0 radical (unpaired) electrons. The Balaban J connectivity index is 2.03. The molecule has 0 aliphatic heterocycles. The molecule has 0 aliphatic rings. The van der Waals surface area contributed by atoms with E-state index >= 15 is 0 Å². The van der Waals surface area contributed by atoms with Crippen molar-refractivity contribution in [3.8, 4) is 0 Å². The molecular weight excluding hydrogens is 636 g/mol. The first-order valence-corrected chi connectivity index (χ1v) is 11.4. The van der Waals surface area contributed by atoms with Crippen LogP contribution in [0.4, 0.5) is 0 Å². The lowest BCUT2D eigenvalue weighted by Gasteiger charge is -2.08. The molecule has 0 spiro atoms. The first-order chi connectivity index (χ1) is 13.3. The topological polar surface area (TPSA) is 4.93 Å². The fourth-order valence-electron chi connectivity index (χ4n) is 2.95. The van der Waals surface area contributed by atoms with Gasteiger partial charge in [-0.05, 0) is 105 Å². The Morgan fingerprint density at radius 2 is 1.21 bits per heavy atom. The van der Waals surface area contributed by atoms with E-state index < -0.39 is 0 Å². The van der Waals surface area contributed by atoms with Crippen LogP contribution < -0.4 is 0 Å². The van der Waals surface area contributed by atoms with Gasteiger partial charge < -0.3 is 4.57 Å². The van der Waals surface area contributed by atoms with Crippen LogP contribution in [-0.2, 0) is 0 Å². The van der Waals surface area contributed by atoms with Crippen LogP contribution >= 0.6 is 61.1 Å². The molecule has 2 aromatic carbocycles. The number of aromatic nitrogens is 1. The van der Waals surface area contributed by atoms with Crippen molar-refractivity contribution in [2.24, 2.45) is 0 Å². The van der Waals surface area contributed by atoms with Crippen molar-refractivity contribution < 1.29 is 0 Å². The number of hydrogen-bond donors (Lipinski definition) is 0. The van der Waals surface area contributed by atoms with Gasteiger partial charge in [-0.15, -0.1) is 0 Å². The zero-order chi connectivity index (χ0) is 20.4. The van der Waals surface area contributed by atoms with E-state index in [9.17, 15) is 0 Å². The van der Waals surface area contributed by atoms with E-state index in [0.29, 0.717) is 0 Å². The van der Waals surface area contributed by atoms with Gasteiger partial charge in [-0.25, -0.2) is 0 Å². The van der Waals surface area contributed by atoms with Gasteiger partial charge in [0, 0.05) is 28.1 Å². The van der Waals surface area contributed by atoms with Gasteiger partial charge in [-0.2, -0.15) is 0 Å². The first kappa shape index (κ1) is 21.3. The molecule has 0 aliphatic carbocycles. The van der Waals surface area contributed by atoms with Gasteiger partial charge in [-0.1, -0.05) is 54.4 Å². The summed E-state index contributed by atoms with van der Waals surface area (Å²) in [7, 11) is 0. The summed E-state index contributed by atoms with van der Waals surface area (Å²) in [6, 6.07) is 13.0. The number of fused-ring (bicyclic) bond motifs is 3. The van der Waals surface area contributed by atoms with Crippen LogP contribution in [0.2, 0.25) is 0 Å². The van der Waals surface area contributed by atoms with E-state index in [1.165, 1.54) is 17.9 Å². The van der Waals surface area contributed by atoms with Crippen LogP contribution in [0.25, 0.3) is 27.5 Å². The van der Waals surface area contributed by atoms with Crippen molar-refractivity contribution in [1.82, 2.24) is 4.57 Å². The third kappa shape index (κ3) is 4.60. The lowest BCUT2D eigenvalue weighted by molar-refractivity contribution is 1.24. The maximum atomic E-state index is 4.31. The van der Waals surface area contributed by atoms with Gasteiger partial charge >= 0.3 is 0 Å². The first-order valence-electron chi connectivity index (χ1n) is 8.45. The molecule has 0 unspecified atom stereocenters. The predicted molar refractivity (Wildman–Crippen MR) is 145 cm³/mol. The van der Waals surface area contributed by atoms with Gasteiger partial charge in [-0.3, -0.25) is 0 Å². The molecule has 3 aromatic rings. The zero-order valence-electron chi connectivity index (χ0n) is 15.2. The van der Waals surface area contributed by atoms with Crippen LogP contribution in [0.5, 0.6) is 0 Å². The molecule has 1 nitrogen and oxygen atoms in total. The molecule has 1 heterocycles. The van der Waals surface area contributed by atoms with E-state index in [2.05, 4.69) is 128 Å². The summed E-state index contributed by atoms with van der Waals surface area (Å²) in [5.41, 5.74) is 4.83. The van der Waals surface area contributed by atoms with Crippen molar-refractivity contribution in [1.29, 1.82) is 0 Å². The van der Waals surface area contributed by atoms with E-state index in [-0.39, 0.29) is 0 Å². The summed E-state index contributed by atoms with van der Waals surface area (Å²) in [6.45, 7) is 16.2. The molecule has 0 saturated carbocycles. The van der Waals surface area contributed by atoms with Crippen molar-refractivity contribution >= 4 is 88.6 Å². The zero-order valence-corrected chi connectivity index (χ0v) is 21.1. The van der Waals surface area contributed by atoms with Crippen molar-refractivity contribution in [2.75, 3.05) is 0 Å². The van der Waals surface area contributed by atoms with Crippen LogP contribution in [0.15, 0.2) is 103 Å². The molecule has 4 heteroatoms. The normalized spacial score (nSPS) is 11.7. The van der Waals surface area contributed by atoms with Gasteiger partial charge in [0.2, 0.25) is 0 Å². The Labute approximate surface area is 201 Å². The molecule has 1 aromatic heterocycles. The number of rotatable bonds is 6. The van der Waals surface area contributed by atoms with Gasteiger partial charge in [0.25, 0.3) is 0 Å². The molecule has 140 valence electrons. The summed E-state index contributed by atoms with van der Waals surface area (Å²) in [5.74, 6) is 0. The van der Waals surface area contributed by atoms with Gasteiger partial charge in [0.05, 0.1) is 11.0 Å².